The minimum atomic E-state index is -1.26. The molecule has 0 aliphatic carbocycles. The molecule has 2 heterocycles. The summed E-state index contributed by atoms with van der Waals surface area (Å²) >= 11 is 9.49. The molecule has 0 aromatic heterocycles. The van der Waals surface area contributed by atoms with Gasteiger partial charge in [-0.1, -0.05) is 11.6 Å². The molecule has 8 heteroatoms. The first-order chi connectivity index (χ1) is 12.3. The molecule has 1 aromatic rings. The number of hydrogen-bond acceptors (Lipinski definition) is 4. The van der Waals surface area contributed by atoms with Gasteiger partial charge in [-0.15, -0.1) is 0 Å². The molecule has 6 nitrogen and oxygen atoms in total. The van der Waals surface area contributed by atoms with Crippen LogP contribution in [-0.2, 0) is 9.59 Å². The predicted molar refractivity (Wildman–Crippen MR) is 102 cm³/mol. The number of ether oxygens (including phenoxy) is 1. The highest BCUT2D eigenvalue weighted by molar-refractivity contribution is 9.10. The highest BCUT2D eigenvalue weighted by Crippen LogP contribution is 2.36. The monoisotopic (exact) mass is 445 g/mol. The number of carboxylic acids is 2. The summed E-state index contributed by atoms with van der Waals surface area (Å²) in [5.74, 6) is -1.63. The molecule has 2 aliphatic heterocycles. The van der Waals surface area contributed by atoms with Crippen molar-refractivity contribution < 1.29 is 24.5 Å². The SMILES string of the molecule is CN1C2CCC1CC(Oc1ccc(Br)c(Cl)c1)C2.O=C(O)/C=C/C(=O)O. The molecule has 2 saturated heterocycles. The Labute approximate surface area is 165 Å². The maximum Gasteiger partial charge on any atom is 0.328 e. The Morgan fingerprint density at radius 1 is 1.19 bits per heavy atom. The Hall–Kier alpha value is -1.57. The molecule has 142 valence electrons. The molecule has 2 fully saturated rings. The van der Waals surface area contributed by atoms with Crippen LogP contribution < -0.4 is 4.74 Å². The highest BCUT2D eigenvalue weighted by atomic mass is 79.9. The molecular formula is C18H21BrClNO5. The van der Waals surface area contributed by atoms with Gasteiger partial charge in [0.2, 0.25) is 0 Å². The third-order valence-electron chi connectivity index (χ3n) is 4.62. The van der Waals surface area contributed by atoms with Crippen LogP contribution in [0.5, 0.6) is 5.75 Å². The number of carbonyl (C=O) groups is 2. The molecule has 0 spiro atoms. The van der Waals surface area contributed by atoms with Crippen molar-refractivity contribution in [2.75, 3.05) is 7.05 Å². The van der Waals surface area contributed by atoms with Crippen molar-refractivity contribution in [1.29, 1.82) is 0 Å². The van der Waals surface area contributed by atoms with Crippen LogP contribution in [-0.4, -0.2) is 52.3 Å². The molecule has 2 aliphatic rings. The van der Waals surface area contributed by atoms with Gasteiger partial charge in [0.25, 0.3) is 0 Å². The van der Waals surface area contributed by atoms with Gasteiger partial charge in [-0.2, -0.15) is 0 Å². The van der Waals surface area contributed by atoms with Crippen molar-refractivity contribution in [3.63, 3.8) is 0 Å². The van der Waals surface area contributed by atoms with Crippen LogP contribution >= 0.6 is 27.5 Å². The van der Waals surface area contributed by atoms with E-state index in [0.717, 1.165) is 23.1 Å². The molecule has 0 saturated carbocycles. The Balaban J connectivity index is 0.000000260. The van der Waals surface area contributed by atoms with E-state index in [1.54, 1.807) is 0 Å². The number of nitrogens with zero attached hydrogens (tertiary/aromatic N) is 1. The number of piperidine rings is 1. The summed E-state index contributed by atoms with van der Waals surface area (Å²) in [6.45, 7) is 0. The van der Waals surface area contributed by atoms with Gasteiger partial charge in [0.15, 0.2) is 0 Å². The summed E-state index contributed by atoms with van der Waals surface area (Å²) in [6, 6.07) is 7.24. The number of benzene rings is 1. The Kier molecular flexibility index (Phi) is 7.49. The Bertz CT molecular complexity index is 666. The second-order valence-corrected chi connectivity index (χ2v) is 7.61. The molecule has 0 radical (unpaired) electrons. The first-order valence-electron chi connectivity index (χ1n) is 8.24. The number of aliphatic carboxylic acids is 2. The van der Waals surface area contributed by atoms with Crippen LogP contribution in [0.1, 0.15) is 25.7 Å². The van der Waals surface area contributed by atoms with Crippen LogP contribution in [0.25, 0.3) is 0 Å². The van der Waals surface area contributed by atoms with E-state index < -0.39 is 11.9 Å². The molecular weight excluding hydrogens is 426 g/mol. The minimum Gasteiger partial charge on any atom is -0.490 e. The quantitative estimate of drug-likeness (QED) is 0.684. The van der Waals surface area contributed by atoms with E-state index in [4.69, 9.17) is 26.6 Å². The summed E-state index contributed by atoms with van der Waals surface area (Å²) in [5.41, 5.74) is 0. The van der Waals surface area contributed by atoms with Crippen LogP contribution in [0.3, 0.4) is 0 Å². The smallest absolute Gasteiger partial charge is 0.328 e. The Morgan fingerprint density at radius 2 is 1.73 bits per heavy atom. The normalized spacial score (nSPS) is 24.8. The molecule has 2 unspecified atom stereocenters. The standard InChI is InChI=1S/C14H17BrClNO.C4H4O4/c1-17-9-2-3-10(17)7-12(6-9)18-11-4-5-13(15)14(16)8-11;5-3(6)1-2-4(7)8/h4-5,8-10,12H,2-3,6-7H2,1H3;1-2H,(H,5,6)(H,7,8)/b;2-1+. The van der Waals surface area contributed by atoms with E-state index in [9.17, 15) is 9.59 Å². The maximum absolute atomic E-state index is 9.55. The van der Waals surface area contributed by atoms with Gasteiger partial charge in [0.1, 0.15) is 11.9 Å². The Morgan fingerprint density at radius 3 is 2.19 bits per heavy atom. The summed E-state index contributed by atoms with van der Waals surface area (Å²) in [7, 11) is 2.25. The highest BCUT2D eigenvalue weighted by Gasteiger charge is 2.39. The van der Waals surface area contributed by atoms with E-state index >= 15 is 0 Å². The molecule has 3 rings (SSSR count). The summed E-state index contributed by atoms with van der Waals surface area (Å²) in [5, 5.41) is 16.3. The van der Waals surface area contributed by atoms with Crippen molar-refractivity contribution >= 4 is 39.5 Å². The number of hydrogen-bond donors (Lipinski definition) is 2. The lowest BCUT2D eigenvalue weighted by atomic mass is 10.0. The lowest BCUT2D eigenvalue weighted by molar-refractivity contribution is -0.134. The molecule has 2 bridgehead atoms. The van der Waals surface area contributed by atoms with Crippen molar-refractivity contribution in [3.8, 4) is 5.75 Å². The van der Waals surface area contributed by atoms with Gasteiger partial charge in [-0.25, -0.2) is 9.59 Å². The zero-order valence-corrected chi connectivity index (χ0v) is 16.6. The van der Waals surface area contributed by atoms with E-state index in [2.05, 4.69) is 27.9 Å². The first-order valence-corrected chi connectivity index (χ1v) is 9.41. The van der Waals surface area contributed by atoms with E-state index in [0.29, 0.717) is 35.4 Å². The van der Waals surface area contributed by atoms with E-state index in [1.807, 2.05) is 18.2 Å². The predicted octanol–water partition coefficient (Wildman–Crippen LogP) is 3.82. The average molecular weight is 447 g/mol. The zero-order chi connectivity index (χ0) is 19.3. The topological polar surface area (TPSA) is 87.1 Å². The average Bonchev–Trinajstić information content (AvgIpc) is 2.79. The fourth-order valence-corrected chi connectivity index (χ4v) is 3.76. The minimum absolute atomic E-state index is 0.343. The van der Waals surface area contributed by atoms with E-state index in [1.165, 1.54) is 12.8 Å². The molecule has 2 atom stereocenters. The number of rotatable bonds is 4. The third kappa shape index (κ3) is 6.00. The zero-order valence-electron chi connectivity index (χ0n) is 14.3. The molecule has 1 aromatic carbocycles. The fraction of sp³-hybridized carbons (Fsp3) is 0.444. The van der Waals surface area contributed by atoms with Crippen LogP contribution in [0.2, 0.25) is 5.02 Å². The molecule has 0 amide bonds. The maximum atomic E-state index is 9.55. The van der Waals surface area contributed by atoms with Gasteiger partial charge in [-0.05, 0) is 66.9 Å². The van der Waals surface area contributed by atoms with E-state index in [-0.39, 0.29) is 0 Å². The van der Waals surface area contributed by atoms with Crippen LogP contribution in [0.4, 0.5) is 0 Å². The van der Waals surface area contributed by atoms with Crippen molar-refractivity contribution in [2.24, 2.45) is 0 Å². The lowest BCUT2D eigenvalue weighted by Crippen LogP contribution is -2.43. The third-order valence-corrected chi connectivity index (χ3v) is 5.85. The first kappa shape index (κ1) is 20.7. The van der Waals surface area contributed by atoms with Crippen LogP contribution in [0, 0.1) is 0 Å². The van der Waals surface area contributed by atoms with Gasteiger partial charge in [0, 0.05) is 28.7 Å². The number of fused-ring (bicyclic) bond motifs is 2. The van der Waals surface area contributed by atoms with Gasteiger partial charge in [-0.3, -0.25) is 0 Å². The lowest BCUT2D eigenvalue weighted by Gasteiger charge is -2.36. The fourth-order valence-electron chi connectivity index (χ4n) is 3.34. The van der Waals surface area contributed by atoms with Gasteiger partial charge < -0.3 is 19.8 Å². The van der Waals surface area contributed by atoms with Crippen molar-refractivity contribution in [1.82, 2.24) is 4.90 Å². The summed E-state index contributed by atoms with van der Waals surface area (Å²) in [6.07, 6.45) is 6.38. The second kappa shape index (κ2) is 9.39. The second-order valence-electron chi connectivity index (χ2n) is 6.35. The molecule has 26 heavy (non-hydrogen) atoms. The summed E-state index contributed by atoms with van der Waals surface area (Å²) in [4.78, 5) is 21.6. The largest absolute Gasteiger partial charge is 0.490 e. The van der Waals surface area contributed by atoms with Crippen molar-refractivity contribution in [2.45, 2.75) is 43.9 Å². The van der Waals surface area contributed by atoms with Crippen molar-refractivity contribution in [3.05, 3.63) is 39.8 Å². The number of carboxylic acid groups (broad SMARTS) is 2. The van der Waals surface area contributed by atoms with Crippen LogP contribution in [0.15, 0.2) is 34.8 Å². The summed E-state index contributed by atoms with van der Waals surface area (Å²) < 4.78 is 7.00. The van der Waals surface area contributed by atoms with Gasteiger partial charge >= 0.3 is 11.9 Å². The number of halogens is 2. The van der Waals surface area contributed by atoms with Gasteiger partial charge in [0.05, 0.1) is 5.02 Å². The molecule has 2 N–H and O–H groups in total.